The lowest BCUT2D eigenvalue weighted by molar-refractivity contribution is 0.100. The molecule has 0 spiro atoms. The molecule has 98 valence electrons. The average molecular weight is 256 g/mol. The van der Waals surface area contributed by atoms with Crippen LogP contribution in [0.2, 0.25) is 0 Å². The van der Waals surface area contributed by atoms with Crippen molar-refractivity contribution in [3.63, 3.8) is 0 Å². The van der Waals surface area contributed by atoms with Crippen LogP contribution in [0.25, 0.3) is 0 Å². The minimum Gasteiger partial charge on any atom is -0.397 e. The molecule has 0 fully saturated rings. The van der Waals surface area contributed by atoms with E-state index in [-0.39, 0.29) is 0 Å². The maximum absolute atomic E-state index is 11.3. The smallest absolute Gasteiger partial charge is 0.252 e. The molecule has 0 atom stereocenters. The standard InChI is InChI=1S/C14H16N4O/c1-9-3-2-4-10(5-9)7-17-14-12(13(16)19)6-11(15)8-18-14/h2-6,8H,7,15H2,1H3,(H2,16,19)(H,17,18). The van der Waals surface area contributed by atoms with Crippen LogP contribution in [-0.2, 0) is 6.54 Å². The quantitative estimate of drug-likeness (QED) is 0.775. The Morgan fingerprint density at radius 2 is 2.16 bits per heavy atom. The minimum atomic E-state index is -0.549. The number of carbonyl (C=O) groups excluding carboxylic acids is 1. The van der Waals surface area contributed by atoms with Crippen LogP contribution in [0, 0.1) is 6.92 Å². The van der Waals surface area contributed by atoms with Gasteiger partial charge in [0.25, 0.3) is 5.91 Å². The summed E-state index contributed by atoms with van der Waals surface area (Å²) in [5.41, 5.74) is 13.9. The van der Waals surface area contributed by atoms with Crippen LogP contribution in [0.15, 0.2) is 36.5 Å². The third-order valence-electron chi connectivity index (χ3n) is 2.72. The van der Waals surface area contributed by atoms with Crippen molar-refractivity contribution in [1.82, 2.24) is 4.98 Å². The summed E-state index contributed by atoms with van der Waals surface area (Å²) in [5.74, 6) is -0.102. The Labute approximate surface area is 111 Å². The molecule has 0 aliphatic heterocycles. The topological polar surface area (TPSA) is 94.0 Å². The number of hydrogen-bond acceptors (Lipinski definition) is 4. The lowest BCUT2D eigenvalue weighted by Crippen LogP contribution is -2.16. The number of carbonyl (C=O) groups is 1. The fraction of sp³-hybridized carbons (Fsp3) is 0.143. The van der Waals surface area contributed by atoms with Crippen molar-refractivity contribution in [1.29, 1.82) is 0 Å². The van der Waals surface area contributed by atoms with Crippen LogP contribution in [0.5, 0.6) is 0 Å². The molecule has 0 bridgehead atoms. The second-order valence-electron chi connectivity index (χ2n) is 4.37. The lowest BCUT2D eigenvalue weighted by Gasteiger charge is -2.10. The maximum Gasteiger partial charge on any atom is 0.252 e. The number of nitrogen functional groups attached to an aromatic ring is 1. The summed E-state index contributed by atoms with van der Waals surface area (Å²) in [6.07, 6.45) is 1.49. The average Bonchev–Trinajstić information content (AvgIpc) is 2.37. The van der Waals surface area contributed by atoms with Crippen molar-refractivity contribution >= 4 is 17.4 Å². The third kappa shape index (κ3) is 3.22. The van der Waals surface area contributed by atoms with Gasteiger partial charge in [-0.3, -0.25) is 4.79 Å². The summed E-state index contributed by atoms with van der Waals surface area (Å²) >= 11 is 0. The first kappa shape index (κ1) is 12.9. The van der Waals surface area contributed by atoms with Gasteiger partial charge in [0.15, 0.2) is 0 Å². The Morgan fingerprint density at radius 1 is 1.37 bits per heavy atom. The Morgan fingerprint density at radius 3 is 2.84 bits per heavy atom. The van der Waals surface area contributed by atoms with Crippen LogP contribution in [0.3, 0.4) is 0 Å². The van der Waals surface area contributed by atoms with E-state index in [1.807, 2.05) is 25.1 Å². The fourth-order valence-corrected chi connectivity index (χ4v) is 1.82. The van der Waals surface area contributed by atoms with E-state index in [9.17, 15) is 4.79 Å². The van der Waals surface area contributed by atoms with E-state index in [1.54, 1.807) is 0 Å². The fourth-order valence-electron chi connectivity index (χ4n) is 1.82. The number of aromatic nitrogens is 1. The van der Waals surface area contributed by atoms with Gasteiger partial charge in [-0.25, -0.2) is 4.98 Å². The Kier molecular flexibility index (Phi) is 3.66. The van der Waals surface area contributed by atoms with Crippen molar-refractivity contribution in [2.45, 2.75) is 13.5 Å². The Bertz CT molecular complexity index is 610. The molecule has 1 aromatic carbocycles. The number of anilines is 2. The third-order valence-corrected chi connectivity index (χ3v) is 2.72. The van der Waals surface area contributed by atoms with Crippen molar-refractivity contribution in [2.75, 3.05) is 11.1 Å². The van der Waals surface area contributed by atoms with E-state index in [0.717, 1.165) is 5.56 Å². The number of nitrogens with one attached hydrogen (secondary N) is 1. The maximum atomic E-state index is 11.3. The summed E-state index contributed by atoms with van der Waals surface area (Å²) in [7, 11) is 0. The molecule has 1 heterocycles. The first-order valence-electron chi connectivity index (χ1n) is 5.91. The molecule has 0 unspecified atom stereocenters. The van der Waals surface area contributed by atoms with Crippen molar-refractivity contribution in [2.24, 2.45) is 5.73 Å². The summed E-state index contributed by atoms with van der Waals surface area (Å²) in [4.78, 5) is 15.4. The zero-order chi connectivity index (χ0) is 13.8. The summed E-state index contributed by atoms with van der Waals surface area (Å²) in [6.45, 7) is 2.60. The number of benzene rings is 1. The molecule has 0 saturated heterocycles. The van der Waals surface area contributed by atoms with Gasteiger partial charge in [0.1, 0.15) is 5.82 Å². The normalized spacial score (nSPS) is 10.2. The number of primary amides is 1. The van der Waals surface area contributed by atoms with Crippen molar-refractivity contribution in [3.05, 3.63) is 53.2 Å². The predicted molar refractivity (Wildman–Crippen MR) is 75.7 cm³/mol. The molecular formula is C14H16N4O. The van der Waals surface area contributed by atoms with Crippen LogP contribution >= 0.6 is 0 Å². The van der Waals surface area contributed by atoms with E-state index in [2.05, 4.69) is 16.4 Å². The highest BCUT2D eigenvalue weighted by Crippen LogP contribution is 2.16. The number of hydrogen-bond donors (Lipinski definition) is 3. The van der Waals surface area contributed by atoms with Gasteiger partial charge in [-0.05, 0) is 18.6 Å². The van der Waals surface area contributed by atoms with Crippen LogP contribution < -0.4 is 16.8 Å². The SMILES string of the molecule is Cc1cccc(CNc2ncc(N)cc2C(N)=O)c1. The molecule has 5 nitrogen and oxygen atoms in total. The lowest BCUT2D eigenvalue weighted by atomic mass is 10.1. The van der Waals surface area contributed by atoms with Gasteiger partial charge in [0, 0.05) is 6.54 Å². The van der Waals surface area contributed by atoms with Crippen LogP contribution in [0.1, 0.15) is 21.5 Å². The summed E-state index contributed by atoms with van der Waals surface area (Å²) < 4.78 is 0. The van der Waals surface area contributed by atoms with Gasteiger partial charge >= 0.3 is 0 Å². The van der Waals surface area contributed by atoms with Crippen LogP contribution in [-0.4, -0.2) is 10.9 Å². The van der Waals surface area contributed by atoms with Crippen molar-refractivity contribution in [3.8, 4) is 0 Å². The number of rotatable bonds is 4. The van der Waals surface area contributed by atoms with Gasteiger partial charge in [-0.15, -0.1) is 0 Å². The molecule has 1 aromatic heterocycles. The zero-order valence-corrected chi connectivity index (χ0v) is 10.7. The number of amides is 1. The second kappa shape index (κ2) is 5.39. The van der Waals surface area contributed by atoms with Gasteiger partial charge in [-0.2, -0.15) is 0 Å². The largest absolute Gasteiger partial charge is 0.397 e. The molecule has 19 heavy (non-hydrogen) atoms. The number of nitrogens with two attached hydrogens (primary N) is 2. The van der Waals surface area contributed by atoms with Gasteiger partial charge in [0.05, 0.1) is 17.4 Å². The highest BCUT2D eigenvalue weighted by molar-refractivity contribution is 5.98. The first-order valence-corrected chi connectivity index (χ1v) is 5.91. The zero-order valence-electron chi connectivity index (χ0n) is 10.7. The minimum absolute atomic E-state index is 0.299. The molecule has 1 amide bonds. The highest BCUT2D eigenvalue weighted by atomic mass is 16.1. The number of nitrogens with zero attached hydrogens (tertiary/aromatic N) is 1. The molecule has 0 radical (unpaired) electrons. The number of pyridine rings is 1. The summed E-state index contributed by atoms with van der Waals surface area (Å²) in [6, 6.07) is 9.60. The molecule has 2 aromatic rings. The van der Waals surface area contributed by atoms with E-state index in [1.165, 1.54) is 17.8 Å². The molecule has 0 saturated carbocycles. The highest BCUT2D eigenvalue weighted by Gasteiger charge is 2.09. The molecule has 5 heteroatoms. The van der Waals surface area contributed by atoms with Crippen molar-refractivity contribution < 1.29 is 4.79 Å². The summed E-state index contributed by atoms with van der Waals surface area (Å²) in [5, 5.41) is 3.10. The van der Waals surface area contributed by atoms with E-state index >= 15 is 0 Å². The van der Waals surface area contributed by atoms with Gasteiger partial charge in [-0.1, -0.05) is 29.8 Å². The van der Waals surface area contributed by atoms with E-state index < -0.39 is 5.91 Å². The Balaban J connectivity index is 2.17. The second-order valence-corrected chi connectivity index (χ2v) is 4.37. The van der Waals surface area contributed by atoms with Gasteiger partial charge < -0.3 is 16.8 Å². The van der Waals surface area contributed by atoms with Gasteiger partial charge in [0.2, 0.25) is 0 Å². The molecular weight excluding hydrogens is 240 g/mol. The molecule has 2 rings (SSSR count). The van der Waals surface area contributed by atoms with E-state index in [4.69, 9.17) is 11.5 Å². The Hall–Kier alpha value is -2.56. The molecule has 5 N–H and O–H groups in total. The number of aryl methyl sites for hydroxylation is 1. The van der Waals surface area contributed by atoms with E-state index in [0.29, 0.717) is 23.6 Å². The first-order chi connectivity index (χ1) is 9.06. The monoisotopic (exact) mass is 256 g/mol. The predicted octanol–water partition coefficient (Wildman–Crippen LogP) is 1.68. The molecule has 0 aliphatic rings. The van der Waals surface area contributed by atoms with Crippen LogP contribution in [0.4, 0.5) is 11.5 Å². The molecule has 0 aliphatic carbocycles.